The summed E-state index contributed by atoms with van der Waals surface area (Å²) in [4.78, 5) is 0. The maximum Gasteiger partial charge on any atom is 0.417 e. The second-order valence-electron chi connectivity index (χ2n) is 4.43. The van der Waals surface area contributed by atoms with Crippen molar-refractivity contribution in [3.05, 3.63) is 52.8 Å². The first-order valence-corrected chi connectivity index (χ1v) is 5.86. The zero-order valence-electron chi connectivity index (χ0n) is 10.9. The van der Waals surface area contributed by atoms with Crippen molar-refractivity contribution in [1.29, 1.82) is 5.26 Å². The Balaban J connectivity index is 2.43. The Hall–Kier alpha value is -2.42. The molecule has 0 saturated heterocycles. The molecule has 0 radical (unpaired) electrons. The maximum atomic E-state index is 12.9. The molecule has 1 heterocycles. The van der Waals surface area contributed by atoms with Crippen molar-refractivity contribution >= 4 is 5.69 Å². The van der Waals surface area contributed by atoms with Gasteiger partial charge in [-0.15, -0.1) is 0 Å². The molecule has 0 fully saturated rings. The summed E-state index contributed by atoms with van der Waals surface area (Å²) in [5.41, 5.74) is 3.60. The molecule has 20 heavy (non-hydrogen) atoms. The van der Waals surface area contributed by atoms with E-state index in [4.69, 9.17) is 5.26 Å². The van der Waals surface area contributed by atoms with Crippen LogP contribution in [-0.2, 0) is 6.18 Å². The van der Waals surface area contributed by atoms with Gasteiger partial charge in [0.1, 0.15) is 0 Å². The average Bonchev–Trinajstić information content (AvgIpc) is 2.69. The monoisotopic (exact) mass is 279 g/mol. The number of hydrogen-bond donors (Lipinski definition) is 1. The smallest absolute Gasteiger partial charge is 0.294 e. The van der Waals surface area contributed by atoms with Crippen LogP contribution in [0.1, 0.15) is 22.5 Å². The third kappa shape index (κ3) is 2.62. The molecular formula is C14H12F3N3. The van der Waals surface area contributed by atoms with Gasteiger partial charge in [-0.25, -0.2) is 0 Å². The largest absolute Gasteiger partial charge is 0.417 e. The molecule has 0 aliphatic carbocycles. The molecule has 0 saturated carbocycles. The van der Waals surface area contributed by atoms with E-state index in [1.807, 2.05) is 26.0 Å². The molecule has 1 aromatic carbocycles. The number of anilines is 1. The van der Waals surface area contributed by atoms with Gasteiger partial charge in [0.25, 0.3) is 0 Å². The molecule has 2 rings (SSSR count). The minimum Gasteiger partial charge on any atom is -0.294 e. The van der Waals surface area contributed by atoms with Gasteiger partial charge in [0, 0.05) is 11.4 Å². The first kappa shape index (κ1) is 14.0. The SMILES string of the molecule is Cc1ccc(C)n1Nc1ccc(C#N)c(C(F)(F)F)c1. The molecule has 0 aliphatic heterocycles. The molecule has 0 atom stereocenters. The first-order valence-electron chi connectivity index (χ1n) is 5.86. The Morgan fingerprint density at radius 2 is 1.70 bits per heavy atom. The van der Waals surface area contributed by atoms with Crippen molar-refractivity contribution in [3.63, 3.8) is 0 Å². The second-order valence-corrected chi connectivity index (χ2v) is 4.43. The van der Waals surface area contributed by atoms with Crippen molar-refractivity contribution in [1.82, 2.24) is 4.68 Å². The number of nitrogens with one attached hydrogen (secondary N) is 1. The van der Waals surface area contributed by atoms with Gasteiger partial charge in [0.15, 0.2) is 0 Å². The van der Waals surface area contributed by atoms with Gasteiger partial charge in [-0.2, -0.15) is 18.4 Å². The Bertz CT molecular complexity index is 658. The van der Waals surface area contributed by atoms with Crippen LogP contribution in [0.5, 0.6) is 0 Å². The van der Waals surface area contributed by atoms with E-state index in [1.165, 1.54) is 12.1 Å². The highest BCUT2D eigenvalue weighted by Crippen LogP contribution is 2.33. The standard InChI is InChI=1S/C14H12F3N3/c1-9-3-4-10(2)20(9)19-12-6-5-11(8-18)13(7-12)14(15,16)17/h3-7,19H,1-2H3. The summed E-state index contributed by atoms with van der Waals surface area (Å²) in [7, 11) is 0. The Morgan fingerprint density at radius 3 is 2.20 bits per heavy atom. The molecule has 0 amide bonds. The zero-order chi connectivity index (χ0) is 14.9. The fourth-order valence-electron chi connectivity index (χ4n) is 1.92. The Morgan fingerprint density at radius 1 is 1.10 bits per heavy atom. The van der Waals surface area contributed by atoms with Crippen LogP contribution in [0.15, 0.2) is 30.3 Å². The lowest BCUT2D eigenvalue weighted by atomic mass is 10.1. The fourth-order valence-corrected chi connectivity index (χ4v) is 1.92. The van der Waals surface area contributed by atoms with Crippen molar-refractivity contribution < 1.29 is 13.2 Å². The predicted molar refractivity (Wildman–Crippen MR) is 69.1 cm³/mol. The lowest BCUT2D eigenvalue weighted by Gasteiger charge is -2.15. The molecule has 104 valence electrons. The third-order valence-electron chi connectivity index (χ3n) is 2.96. The maximum absolute atomic E-state index is 12.9. The van der Waals surface area contributed by atoms with Gasteiger partial charge in [0.05, 0.1) is 22.9 Å². The van der Waals surface area contributed by atoms with E-state index in [2.05, 4.69) is 5.43 Å². The normalized spacial score (nSPS) is 11.2. The van der Waals surface area contributed by atoms with Gasteiger partial charge in [-0.3, -0.25) is 10.1 Å². The summed E-state index contributed by atoms with van der Waals surface area (Å²) in [6.45, 7) is 3.68. The van der Waals surface area contributed by atoms with Gasteiger partial charge in [0.2, 0.25) is 0 Å². The van der Waals surface area contributed by atoms with Crippen molar-refractivity contribution in [3.8, 4) is 6.07 Å². The number of rotatable bonds is 2. The molecule has 0 spiro atoms. The first-order chi connectivity index (χ1) is 9.32. The number of hydrogen-bond acceptors (Lipinski definition) is 2. The van der Waals surface area contributed by atoms with Crippen LogP contribution >= 0.6 is 0 Å². The number of nitriles is 1. The summed E-state index contributed by atoms with van der Waals surface area (Å²) in [5, 5.41) is 8.74. The molecule has 6 heteroatoms. The molecular weight excluding hydrogens is 267 g/mol. The summed E-state index contributed by atoms with van der Waals surface area (Å²) in [5.74, 6) is 0. The van der Waals surface area contributed by atoms with Gasteiger partial charge >= 0.3 is 6.18 Å². The Labute approximate surface area is 114 Å². The van der Waals surface area contributed by atoms with Crippen LogP contribution in [0.25, 0.3) is 0 Å². The minimum atomic E-state index is -4.55. The molecule has 0 bridgehead atoms. The zero-order valence-corrected chi connectivity index (χ0v) is 10.9. The number of alkyl halides is 3. The lowest BCUT2D eigenvalue weighted by Crippen LogP contribution is -2.14. The van der Waals surface area contributed by atoms with Gasteiger partial charge in [-0.05, 0) is 44.2 Å². The Kier molecular flexibility index (Phi) is 3.45. The van der Waals surface area contributed by atoms with Crippen LogP contribution in [0, 0.1) is 25.2 Å². The topological polar surface area (TPSA) is 40.8 Å². The van der Waals surface area contributed by atoms with E-state index < -0.39 is 11.7 Å². The highest BCUT2D eigenvalue weighted by atomic mass is 19.4. The highest BCUT2D eigenvalue weighted by molar-refractivity contribution is 5.53. The molecule has 1 N–H and O–H groups in total. The van der Waals surface area contributed by atoms with E-state index in [0.717, 1.165) is 17.5 Å². The molecule has 2 aromatic rings. The molecule has 0 unspecified atom stereocenters. The van der Waals surface area contributed by atoms with Crippen molar-refractivity contribution in [2.45, 2.75) is 20.0 Å². The number of aryl methyl sites for hydroxylation is 2. The number of halogens is 3. The van der Waals surface area contributed by atoms with Crippen LogP contribution in [0.3, 0.4) is 0 Å². The fraction of sp³-hybridized carbons (Fsp3) is 0.214. The van der Waals surface area contributed by atoms with Crippen molar-refractivity contribution in [2.75, 3.05) is 5.43 Å². The van der Waals surface area contributed by atoms with E-state index >= 15 is 0 Å². The van der Waals surface area contributed by atoms with E-state index in [1.54, 1.807) is 10.7 Å². The molecule has 0 aliphatic rings. The van der Waals surface area contributed by atoms with Crippen LogP contribution < -0.4 is 5.43 Å². The van der Waals surface area contributed by atoms with E-state index in [-0.39, 0.29) is 11.3 Å². The number of aromatic nitrogens is 1. The molecule has 1 aromatic heterocycles. The van der Waals surface area contributed by atoms with Crippen LogP contribution in [0.2, 0.25) is 0 Å². The summed E-state index contributed by atoms with van der Waals surface area (Å²) in [6, 6.07) is 8.83. The number of benzene rings is 1. The predicted octanol–water partition coefficient (Wildman–Crippen LogP) is 3.87. The van der Waals surface area contributed by atoms with Crippen LogP contribution in [-0.4, -0.2) is 4.68 Å². The van der Waals surface area contributed by atoms with E-state index in [0.29, 0.717) is 0 Å². The lowest BCUT2D eigenvalue weighted by molar-refractivity contribution is -0.137. The number of nitrogens with zero attached hydrogens (tertiary/aromatic N) is 2. The quantitative estimate of drug-likeness (QED) is 0.906. The summed E-state index contributed by atoms with van der Waals surface area (Å²) >= 11 is 0. The van der Waals surface area contributed by atoms with E-state index in [9.17, 15) is 13.2 Å². The van der Waals surface area contributed by atoms with Crippen LogP contribution in [0.4, 0.5) is 18.9 Å². The van der Waals surface area contributed by atoms with Gasteiger partial charge < -0.3 is 0 Å². The summed E-state index contributed by atoms with van der Waals surface area (Å²) < 4.78 is 40.3. The second kappa shape index (κ2) is 4.93. The highest BCUT2D eigenvalue weighted by Gasteiger charge is 2.33. The molecule has 3 nitrogen and oxygen atoms in total. The van der Waals surface area contributed by atoms with Crippen molar-refractivity contribution in [2.24, 2.45) is 0 Å². The average molecular weight is 279 g/mol. The van der Waals surface area contributed by atoms with Gasteiger partial charge in [-0.1, -0.05) is 0 Å². The third-order valence-corrected chi connectivity index (χ3v) is 2.96. The summed E-state index contributed by atoms with van der Waals surface area (Å²) in [6.07, 6.45) is -4.55. The minimum absolute atomic E-state index is 0.277.